The number of hydrogen-bond acceptors (Lipinski definition) is 5. The third-order valence-electron chi connectivity index (χ3n) is 3.48. The molecule has 1 unspecified atom stereocenters. The maximum Gasteiger partial charge on any atom is 0.145 e. The highest BCUT2D eigenvalue weighted by Gasteiger charge is 2.24. The molecule has 5 nitrogen and oxygen atoms in total. The Kier molecular flexibility index (Phi) is 3.05. The lowest BCUT2D eigenvalue weighted by Gasteiger charge is -2.30. The molecule has 5 heteroatoms. The monoisotopic (exact) mass is 255 g/mol. The maximum absolute atomic E-state index is 5.38. The van der Waals surface area contributed by atoms with Gasteiger partial charge in [-0.05, 0) is 24.5 Å². The number of rotatable bonds is 4. The highest BCUT2D eigenvalue weighted by atomic mass is 15.3. The first-order chi connectivity index (χ1) is 9.26. The fraction of sp³-hybridized carbons (Fsp3) is 0.286. The molecule has 0 radical (unpaired) electrons. The molecule has 1 aromatic carbocycles. The predicted molar refractivity (Wildman–Crippen MR) is 76.0 cm³/mol. The molecular weight excluding hydrogens is 238 g/mol. The van der Waals surface area contributed by atoms with Crippen LogP contribution in [-0.4, -0.2) is 16.5 Å². The van der Waals surface area contributed by atoms with E-state index in [2.05, 4.69) is 45.0 Å². The molecule has 3 rings (SSSR count). The number of hydrogen-bond donors (Lipinski definition) is 3. The van der Waals surface area contributed by atoms with E-state index in [1.54, 1.807) is 0 Å². The summed E-state index contributed by atoms with van der Waals surface area (Å²) in [7, 11) is 0. The van der Waals surface area contributed by atoms with Crippen molar-refractivity contribution in [2.24, 2.45) is 5.84 Å². The van der Waals surface area contributed by atoms with Gasteiger partial charge in [-0.1, -0.05) is 24.3 Å². The van der Waals surface area contributed by atoms with Gasteiger partial charge in [0.25, 0.3) is 0 Å². The van der Waals surface area contributed by atoms with Gasteiger partial charge in [0.15, 0.2) is 0 Å². The van der Waals surface area contributed by atoms with Crippen LogP contribution >= 0.6 is 0 Å². The van der Waals surface area contributed by atoms with Crippen LogP contribution in [0.5, 0.6) is 0 Å². The van der Waals surface area contributed by atoms with Crippen LogP contribution < -0.4 is 16.6 Å². The van der Waals surface area contributed by atoms with E-state index < -0.39 is 0 Å². The molecule has 4 N–H and O–H groups in total. The summed E-state index contributed by atoms with van der Waals surface area (Å²) in [5.41, 5.74) is 5.45. The third kappa shape index (κ3) is 2.37. The minimum atomic E-state index is 0.570. The van der Waals surface area contributed by atoms with Crippen LogP contribution in [0, 0.1) is 6.92 Å². The number of hydrazine groups is 1. The molecule has 0 amide bonds. The smallest absolute Gasteiger partial charge is 0.145 e. The Morgan fingerprint density at radius 2 is 2.05 bits per heavy atom. The molecular formula is C14H17N5. The van der Waals surface area contributed by atoms with Gasteiger partial charge in [0, 0.05) is 18.5 Å². The summed E-state index contributed by atoms with van der Waals surface area (Å²) in [4.78, 5) is 8.51. The molecule has 0 fully saturated rings. The van der Waals surface area contributed by atoms with Crippen molar-refractivity contribution in [3.8, 4) is 0 Å². The Morgan fingerprint density at radius 3 is 2.84 bits per heavy atom. The minimum absolute atomic E-state index is 0.570. The number of aromatic nitrogens is 2. The fourth-order valence-corrected chi connectivity index (χ4v) is 2.50. The van der Waals surface area contributed by atoms with Gasteiger partial charge in [0.05, 0.1) is 0 Å². The molecule has 98 valence electrons. The normalized spacial score (nSPS) is 16.4. The predicted octanol–water partition coefficient (Wildman–Crippen LogP) is 1.82. The SMILES string of the molecule is Cc1nc(NN)cc(NCC2Cc3ccccc32)n1. The van der Waals surface area contributed by atoms with Crippen LogP contribution in [0.15, 0.2) is 30.3 Å². The van der Waals surface area contributed by atoms with Crippen molar-refractivity contribution >= 4 is 11.6 Å². The van der Waals surface area contributed by atoms with E-state index in [0.29, 0.717) is 17.6 Å². The number of nitrogen functional groups attached to an aromatic ring is 1. The van der Waals surface area contributed by atoms with Gasteiger partial charge in [-0.25, -0.2) is 15.8 Å². The van der Waals surface area contributed by atoms with E-state index in [0.717, 1.165) is 18.8 Å². The first-order valence-electron chi connectivity index (χ1n) is 6.40. The average molecular weight is 255 g/mol. The van der Waals surface area contributed by atoms with Gasteiger partial charge in [-0.2, -0.15) is 0 Å². The summed E-state index contributed by atoms with van der Waals surface area (Å²) >= 11 is 0. The summed E-state index contributed by atoms with van der Waals surface area (Å²) in [6.07, 6.45) is 1.13. The molecule has 2 aromatic rings. The zero-order chi connectivity index (χ0) is 13.2. The Bertz CT molecular complexity index is 596. The van der Waals surface area contributed by atoms with Crippen LogP contribution in [0.1, 0.15) is 22.9 Å². The Balaban J connectivity index is 1.66. The van der Waals surface area contributed by atoms with E-state index in [9.17, 15) is 0 Å². The largest absolute Gasteiger partial charge is 0.369 e. The lowest BCUT2D eigenvalue weighted by atomic mass is 9.77. The second-order valence-corrected chi connectivity index (χ2v) is 4.81. The topological polar surface area (TPSA) is 75.9 Å². The first kappa shape index (κ1) is 11.9. The Labute approximate surface area is 112 Å². The van der Waals surface area contributed by atoms with E-state index in [1.165, 1.54) is 11.1 Å². The maximum atomic E-state index is 5.38. The van der Waals surface area contributed by atoms with Gasteiger partial charge in [-0.3, -0.25) is 0 Å². The van der Waals surface area contributed by atoms with Crippen LogP contribution in [0.4, 0.5) is 11.6 Å². The van der Waals surface area contributed by atoms with Crippen molar-refractivity contribution in [1.29, 1.82) is 0 Å². The second-order valence-electron chi connectivity index (χ2n) is 4.81. The van der Waals surface area contributed by atoms with Crippen molar-refractivity contribution in [2.45, 2.75) is 19.3 Å². The van der Waals surface area contributed by atoms with E-state index in [-0.39, 0.29) is 0 Å². The summed E-state index contributed by atoms with van der Waals surface area (Å²) < 4.78 is 0. The van der Waals surface area contributed by atoms with Crippen molar-refractivity contribution in [2.75, 3.05) is 17.3 Å². The zero-order valence-corrected chi connectivity index (χ0v) is 10.9. The number of fused-ring (bicyclic) bond motifs is 1. The Morgan fingerprint density at radius 1 is 1.26 bits per heavy atom. The molecule has 0 spiro atoms. The van der Waals surface area contributed by atoms with Crippen LogP contribution in [0.25, 0.3) is 0 Å². The van der Waals surface area contributed by atoms with Gasteiger partial charge >= 0.3 is 0 Å². The summed E-state index contributed by atoms with van der Waals surface area (Å²) in [5, 5.41) is 3.36. The first-order valence-corrected chi connectivity index (χ1v) is 6.40. The number of nitrogens with zero attached hydrogens (tertiary/aromatic N) is 2. The van der Waals surface area contributed by atoms with Crippen molar-refractivity contribution in [1.82, 2.24) is 9.97 Å². The highest BCUT2D eigenvalue weighted by molar-refractivity contribution is 5.48. The molecule has 19 heavy (non-hydrogen) atoms. The standard InChI is InChI=1S/C14H17N5/c1-9-17-13(7-14(18-9)19-15)16-8-11-6-10-4-2-3-5-12(10)11/h2-5,7,11H,6,8,15H2,1H3,(H2,16,17,18,19). The number of aryl methyl sites for hydroxylation is 1. The molecule has 1 aliphatic carbocycles. The van der Waals surface area contributed by atoms with Crippen molar-refractivity contribution < 1.29 is 0 Å². The van der Waals surface area contributed by atoms with Crippen LogP contribution in [0.3, 0.4) is 0 Å². The molecule has 0 saturated carbocycles. The molecule has 0 saturated heterocycles. The number of nitrogens with two attached hydrogens (primary N) is 1. The van der Waals surface area contributed by atoms with Gasteiger partial charge in [-0.15, -0.1) is 0 Å². The summed E-state index contributed by atoms with van der Waals surface area (Å²) in [6.45, 7) is 2.74. The van der Waals surface area contributed by atoms with Crippen molar-refractivity contribution in [3.05, 3.63) is 47.3 Å². The summed E-state index contributed by atoms with van der Waals surface area (Å²) in [6, 6.07) is 10.4. The molecule has 1 heterocycles. The van der Waals surface area contributed by atoms with E-state index >= 15 is 0 Å². The van der Waals surface area contributed by atoms with Gasteiger partial charge in [0.1, 0.15) is 17.5 Å². The van der Waals surface area contributed by atoms with Crippen LogP contribution in [-0.2, 0) is 6.42 Å². The number of anilines is 2. The molecule has 1 aromatic heterocycles. The average Bonchev–Trinajstić information content (AvgIpc) is 2.39. The van der Waals surface area contributed by atoms with Gasteiger partial charge in [0.2, 0.25) is 0 Å². The molecule has 1 atom stereocenters. The van der Waals surface area contributed by atoms with E-state index in [1.807, 2.05) is 13.0 Å². The number of nitrogens with one attached hydrogen (secondary N) is 2. The quantitative estimate of drug-likeness (QED) is 0.574. The summed E-state index contributed by atoms with van der Waals surface area (Å²) in [5.74, 6) is 8.09. The highest BCUT2D eigenvalue weighted by Crippen LogP contribution is 2.34. The van der Waals surface area contributed by atoms with Crippen molar-refractivity contribution in [3.63, 3.8) is 0 Å². The zero-order valence-electron chi connectivity index (χ0n) is 10.9. The minimum Gasteiger partial charge on any atom is -0.369 e. The second kappa shape index (κ2) is 4.85. The molecule has 0 aliphatic heterocycles. The third-order valence-corrected chi connectivity index (χ3v) is 3.48. The lowest BCUT2D eigenvalue weighted by Crippen LogP contribution is -2.24. The van der Waals surface area contributed by atoms with Gasteiger partial charge < -0.3 is 10.7 Å². The fourth-order valence-electron chi connectivity index (χ4n) is 2.50. The van der Waals surface area contributed by atoms with E-state index in [4.69, 9.17) is 5.84 Å². The van der Waals surface area contributed by atoms with Crippen LogP contribution in [0.2, 0.25) is 0 Å². The lowest BCUT2D eigenvalue weighted by molar-refractivity contribution is 0.634. The molecule has 0 bridgehead atoms. The number of benzene rings is 1. The molecule has 1 aliphatic rings. The Hall–Kier alpha value is -2.14.